The predicted octanol–water partition coefficient (Wildman–Crippen LogP) is 3.32. The van der Waals surface area contributed by atoms with Gasteiger partial charge in [0.25, 0.3) is 5.91 Å². The number of pyridine rings is 1. The fourth-order valence-electron chi connectivity index (χ4n) is 2.14. The number of nitrogens with zero attached hydrogens (tertiary/aromatic N) is 2. The SMILES string of the molecule is Cc1nc(-c2ccccn2)sc1C(=O)NCCOc1ccccc1. The van der Waals surface area contributed by atoms with Crippen molar-refractivity contribution in [1.29, 1.82) is 0 Å². The summed E-state index contributed by atoms with van der Waals surface area (Å²) in [6.45, 7) is 2.68. The molecule has 0 fully saturated rings. The Morgan fingerprint density at radius 2 is 1.96 bits per heavy atom. The van der Waals surface area contributed by atoms with Crippen molar-refractivity contribution in [2.45, 2.75) is 6.92 Å². The predicted molar refractivity (Wildman–Crippen MR) is 94.4 cm³/mol. The minimum Gasteiger partial charge on any atom is -0.492 e. The minimum absolute atomic E-state index is 0.135. The molecular weight excluding hydrogens is 322 g/mol. The number of hydrogen-bond acceptors (Lipinski definition) is 5. The van der Waals surface area contributed by atoms with Gasteiger partial charge in [-0.2, -0.15) is 0 Å². The van der Waals surface area contributed by atoms with E-state index in [1.54, 1.807) is 6.20 Å². The number of aryl methyl sites for hydroxylation is 1. The highest BCUT2D eigenvalue weighted by atomic mass is 32.1. The smallest absolute Gasteiger partial charge is 0.263 e. The average Bonchev–Trinajstić information content (AvgIpc) is 3.02. The summed E-state index contributed by atoms with van der Waals surface area (Å²) in [7, 11) is 0. The number of thiazole rings is 1. The van der Waals surface area contributed by atoms with E-state index in [0.29, 0.717) is 23.7 Å². The number of amides is 1. The van der Waals surface area contributed by atoms with E-state index >= 15 is 0 Å². The van der Waals surface area contributed by atoms with Crippen molar-refractivity contribution < 1.29 is 9.53 Å². The van der Waals surface area contributed by atoms with Crippen LogP contribution in [0.5, 0.6) is 5.75 Å². The van der Waals surface area contributed by atoms with Crippen molar-refractivity contribution in [3.63, 3.8) is 0 Å². The Morgan fingerprint density at radius 1 is 1.17 bits per heavy atom. The Bertz CT molecular complexity index is 804. The molecule has 0 bridgehead atoms. The molecule has 1 amide bonds. The van der Waals surface area contributed by atoms with E-state index in [-0.39, 0.29) is 5.91 Å². The molecule has 3 rings (SSSR count). The van der Waals surface area contributed by atoms with E-state index in [9.17, 15) is 4.79 Å². The van der Waals surface area contributed by atoms with Crippen LogP contribution < -0.4 is 10.1 Å². The molecule has 5 nitrogen and oxygen atoms in total. The summed E-state index contributed by atoms with van der Waals surface area (Å²) in [6, 6.07) is 15.2. The van der Waals surface area contributed by atoms with E-state index in [4.69, 9.17) is 4.74 Å². The van der Waals surface area contributed by atoms with Crippen LogP contribution in [-0.4, -0.2) is 29.0 Å². The number of nitrogens with one attached hydrogen (secondary N) is 1. The van der Waals surface area contributed by atoms with E-state index in [2.05, 4.69) is 15.3 Å². The van der Waals surface area contributed by atoms with Gasteiger partial charge in [-0.15, -0.1) is 11.3 Å². The van der Waals surface area contributed by atoms with Gasteiger partial charge in [-0.25, -0.2) is 4.98 Å². The summed E-state index contributed by atoms with van der Waals surface area (Å²) in [4.78, 5) is 21.6. The molecule has 0 saturated heterocycles. The summed E-state index contributed by atoms with van der Waals surface area (Å²) < 4.78 is 5.56. The lowest BCUT2D eigenvalue weighted by atomic mass is 10.3. The van der Waals surface area contributed by atoms with Crippen LogP contribution in [0.4, 0.5) is 0 Å². The number of aromatic nitrogens is 2. The molecule has 0 unspecified atom stereocenters. The number of benzene rings is 1. The van der Waals surface area contributed by atoms with Gasteiger partial charge in [0, 0.05) is 6.20 Å². The zero-order chi connectivity index (χ0) is 16.8. The highest BCUT2D eigenvalue weighted by molar-refractivity contribution is 7.17. The topological polar surface area (TPSA) is 64.1 Å². The first-order valence-electron chi connectivity index (χ1n) is 7.59. The Labute approximate surface area is 144 Å². The van der Waals surface area contributed by atoms with E-state index in [1.165, 1.54) is 11.3 Å². The fourth-order valence-corrected chi connectivity index (χ4v) is 3.10. The van der Waals surface area contributed by atoms with Gasteiger partial charge in [0.2, 0.25) is 0 Å². The van der Waals surface area contributed by atoms with Crippen molar-refractivity contribution in [1.82, 2.24) is 15.3 Å². The molecule has 0 aliphatic carbocycles. The molecule has 6 heteroatoms. The zero-order valence-corrected chi connectivity index (χ0v) is 14.0. The molecule has 122 valence electrons. The molecule has 2 aromatic heterocycles. The molecule has 1 aromatic carbocycles. The zero-order valence-electron chi connectivity index (χ0n) is 13.2. The maximum absolute atomic E-state index is 12.3. The number of carbonyl (C=O) groups is 1. The Balaban J connectivity index is 1.56. The van der Waals surface area contributed by atoms with Gasteiger partial charge >= 0.3 is 0 Å². The molecule has 24 heavy (non-hydrogen) atoms. The standard InChI is InChI=1S/C18H17N3O2S/c1-13-16(24-18(21-13)15-9-5-6-10-19-15)17(22)20-11-12-23-14-7-3-2-4-8-14/h2-10H,11-12H2,1H3,(H,20,22). The van der Waals surface area contributed by atoms with Gasteiger partial charge in [-0.3, -0.25) is 9.78 Å². The third-order valence-electron chi connectivity index (χ3n) is 3.29. The Morgan fingerprint density at radius 3 is 2.71 bits per heavy atom. The second-order valence-electron chi connectivity index (χ2n) is 5.07. The van der Waals surface area contributed by atoms with Crippen LogP contribution in [0.3, 0.4) is 0 Å². The van der Waals surface area contributed by atoms with Gasteiger partial charge in [0.15, 0.2) is 0 Å². The monoisotopic (exact) mass is 339 g/mol. The molecular formula is C18H17N3O2S. The van der Waals surface area contributed by atoms with Gasteiger partial charge < -0.3 is 10.1 Å². The highest BCUT2D eigenvalue weighted by Crippen LogP contribution is 2.26. The lowest BCUT2D eigenvalue weighted by Crippen LogP contribution is -2.27. The minimum atomic E-state index is -0.135. The van der Waals surface area contributed by atoms with Crippen LogP contribution >= 0.6 is 11.3 Å². The van der Waals surface area contributed by atoms with Crippen LogP contribution in [0.15, 0.2) is 54.7 Å². The summed E-state index contributed by atoms with van der Waals surface area (Å²) in [5.74, 6) is 0.655. The first kappa shape index (κ1) is 16.1. The summed E-state index contributed by atoms with van der Waals surface area (Å²) in [5, 5.41) is 3.61. The quantitative estimate of drug-likeness (QED) is 0.700. The van der Waals surface area contributed by atoms with E-state index in [1.807, 2.05) is 55.5 Å². The van der Waals surface area contributed by atoms with Crippen molar-refractivity contribution in [3.8, 4) is 16.5 Å². The van der Waals surface area contributed by atoms with E-state index in [0.717, 1.165) is 16.5 Å². The molecule has 0 radical (unpaired) electrons. The van der Waals surface area contributed by atoms with Crippen molar-refractivity contribution in [3.05, 3.63) is 65.3 Å². The third kappa shape index (κ3) is 3.97. The van der Waals surface area contributed by atoms with Crippen molar-refractivity contribution >= 4 is 17.2 Å². The molecule has 0 aliphatic rings. The molecule has 0 aliphatic heterocycles. The van der Waals surface area contributed by atoms with Crippen LogP contribution in [0, 0.1) is 6.92 Å². The molecule has 0 spiro atoms. The van der Waals surface area contributed by atoms with Crippen LogP contribution in [0.2, 0.25) is 0 Å². The molecule has 0 saturated carbocycles. The number of para-hydroxylation sites is 1. The lowest BCUT2D eigenvalue weighted by Gasteiger charge is -2.07. The fraction of sp³-hybridized carbons (Fsp3) is 0.167. The first-order valence-corrected chi connectivity index (χ1v) is 8.40. The Hall–Kier alpha value is -2.73. The maximum Gasteiger partial charge on any atom is 0.263 e. The second-order valence-corrected chi connectivity index (χ2v) is 6.07. The molecule has 1 N–H and O–H groups in total. The number of ether oxygens (including phenoxy) is 1. The Kier molecular flexibility index (Phi) is 5.18. The van der Waals surface area contributed by atoms with Crippen molar-refractivity contribution in [2.75, 3.05) is 13.2 Å². The summed E-state index contributed by atoms with van der Waals surface area (Å²) >= 11 is 1.35. The number of rotatable bonds is 6. The van der Waals surface area contributed by atoms with Crippen molar-refractivity contribution in [2.24, 2.45) is 0 Å². The molecule has 3 aromatic rings. The van der Waals surface area contributed by atoms with Gasteiger partial charge in [0.05, 0.1) is 17.9 Å². The third-order valence-corrected chi connectivity index (χ3v) is 4.47. The largest absolute Gasteiger partial charge is 0.492 e. The molecule has 2 heterocycles. The van der Waals surface area contributed by atoms with Gasteiger partial charge in [-0.1, -0.05) is 24.3 Å². The normalized spacial score (nSPS) is 10.4. The average molecular weight is 339 g/mol. The number of hydrogen-bond donors (Lipinski definition) is 1. The second kappa shape index (κ2) is 7.70. The molecule has 0 atom stereocenters. The first-order chi connectivity index (χ1) is 11.7. The van der Waals surface area contributed by atoms with Crippen LogP contribution in [0.25, 0.3) is 10.7 Å². The highest BCUT2D eigenvalue weighted by Gasteiger charge is 2.16. The number of carbonyl (C=O) groups excluding carboxylic acids is 1. The summed E-state index contributed by atoms with van der Waals surface area (Å²) in [6.07, 6.45) is 1.72. The van der Waals surface area contributed by atoms with Gasteiger partial charge in [-0.05, 0) is 31.2 Å². The lowest BCUT2D eigenvalue weighted by molar-refractivity contribution is 0.0950. The maximum atomic E-state index is 12.3. The van der Waals surface area contributed by atoms with Crippen LogP contribution in [0.1, 0.15) is 15.4 Å². The van der Waals surface area contributed by atoms with Crippen LogP contribution in [-0.2, 0) is 0 Å². The van der Waals surface area contributed by atoms with Gasteiger partial charge in [0.1, 0.15) is 22.2 Å². The summed E-state index contributed by atoms with van der Waals surface area (Å²) in [5.41, 5.74) is 1.49. The van der Waals surface area contributed by atoms with E-state index < -0.39 is 0 Å².